The van der Waals surface area contributed by atoms with Crippen LogP contribution in [0.4, 0.5) is 0 Å². The maximum Gasteiger partial charge on any atom is 0.192 e. The van der Waals surface area contributed by atoms with Crippen LogP contribution in [0.1, 0.15) is 60.8 Å². The van der Waals surface area contributed by atoms with Gasteiger partial charge in [0.25, 0.3) is 0 Å². The molecule has 25 heavy (non-hydrogen) atoms. The average molecular weight is 381 g/mol. The molecule has 4 heteroatoms. The lowest BCUT2D eigenvalue weighted by Gasteiger charge is -2.37. The highest BCUT2D eigenvalue weighted by Crippen LogP contribution is 2.39. The summed E-state index contributed by atoms with van der Waals surface area (Å²) in [6, 6.07) is 0. The molecule has 0 bridgehead atoms. The van der Waals surface area contributed by atoms with E-state index in [1.807, 2.05) is 0 Å². The lowest BCUT2D eigenvalue weighted by atomic mass is 10.1. The minimum atomic E-state index is -1.83. The Hall–Kier alpha value is -0.583. The zero-order chi connectivity index (χ0) is 19.3. The third-order valence-electron chi connectivity index (χ3n) is 5.01. The topological polar surface area (TPSA) is 26.3 Å². The highest BCUT2D eigenvalue weighted by Gasteiger charge is 2.40. The Kier molecular flexibility index (Phi) is 8.43. The number of thioether (sulfide) groups is 1. The molecule has 1 atom stereocenters. The van der Waals surface area contributed by atoms with Crippen molar-refractivity contribution in [2.75, 3.05) is 5.75 Å². The number of carbonyl (C=O) groups excluding carboxylic acids is 1. The lowest BCUT2D eigenvalue weighted by molar-refractivity contribution is -0.115. The summed E-state index contributed by atoms with van der Waals surface area (Å²) in [4.78, 5) is 13.1. The van der Waals surface area contributed by atoms with Crippen molar-refractivity contribution in [3.05, 3.63) is 34.3 Å². The zero-order valence-electron chi connectivity index (χ0n) is 17.4. The van der Waals surface area contributed by atoms with Crippen LogP contribution in [0.2, 0.25) is 18.1 Å². The van der Waals surface area contributed by atoms with Gasteiger partial charge < -0.3 is 4.43 Å². The normalized spacial score (nSPS) is 19.2. The molecule has 2 nitrogen and oxygen atoms in total. The van der Waals surface area contributed by atoms with Gasteiger partial charge in [-0.3, -0.25) is 4.79 Å². The summed E-state index contributed by atoms with van der Waals surface area (Å²) >= 11 is 1.65. The van der Waals surface area contributed by atoms with Crippen LogP contribution in [0.5, 0.6) is 0 Å². The Bertz CT molecular complexity index is 561. The number of ketones is 1. The van der Waals surface area contributed by atoms with Gasteiger partial charge >= 0.3 is 0 Å². The number of hydrogen-bond donors (Lipinski definition) is 0. The van der Waals surface area contributed by atoms with E-state index in [0.29, 0.717) is 6.42 Å². The van der Waals surface area contributed by atoms with E-state index in [-0.39, 0.29) is 16.9 Å². The van der Waals surface area contributed by atoms with Crippen LogP contribution in [0.25, 0.3) is 0 Å². The van der Waals surface area contributed by atoms with E-state index in [1.54, 1.807) is 11.8 Å². The summed E-state index contributed by atoms with van der Waals surface area (Å²) in [5, 5.41) is 0.172. The molecule has 0 saturated carbocycles. The molecular weight excluding hydrogens is 344 g/mol. The van der Waals surface area contributed by atoms with E-state index < -0.39 is 8.32 Å². The molecule has 0 saturated heterocycles. The molecule has 0 heterocycles. The Morgan fingerprint density at radius 1 is 1.28 bits per heavy atom. The van der Waals surface area contributed by atoms with Gasteiger partial charge in [0.15, 0.2) is 14.1 Å². The third kappa shape index (κ3) is 7.67. The largest absolute Gasteiger partial charge is 0.410 e. The first-order valence-corrected chi connectivity index (χ1v) is 13.2. The average Bonchev–Trinajstić information content (AvgIpc) is 2.76. The van der Waals surface area contributed by atoms with Crippen molar-refractivity contribution in [2.45, 2.75) is 85.0 Å². The summed E-state index contributed by atoms with van der Waals surface area (Å²) in [7, 11) is -1.83. The zero-order valence-corrected chi connectivity index (χ0v) is 19.2. The Balaban J connectivity index is 2.54. The Morgan fingerprint density at radius 3 is 2.48 bits per heavy atom. The van der Waals surface area contributed by atoms with Crippen molar-refractivity contribution in [1.29, 1.82) is 0 Å². The quantitative estimate of drug-likeness (QED) is 0.348. The van der Waals surface area contributed by atoms with Crippen LogP contribution in [0.15, 0.2) is 34.3 Å². The Morgan fingerprint density at radius 2 is 1.92 bits per heavy atom. The summed E-state index contributed by atoms with van der Waals surface area (Å²) in [5.41, 5.74) is 2.77. The molecule has 0 spiro atoms. The van der Waals surface area contributed by atoms with Crippen molar-refractivity contribution in [3.8, 4) is 0 Å². The Labute approximate surface area is 160 Å². The lowest BCUT2D eigenvalue weighted by Crippen LogP contribution is -2.43. The van der Waals surface area contributed by atoms with Crippen molar-refractivity contribution >= 4 is 25.9 Å². The molecule has 0 N–H and O–H groups in total. The minimum absolute atomic E-state index is 0.0290. The smallest absolute Gasteiger partial charge is 0.192 e. The predicted octanol–water partition coefficient (Wildman–Crippen LogP) is 6.66. The van der Waals surface area contributed by atoms with Crippen molar-refractivity contribution < 1.29 is 9.22 Å². The molecule has 1 unspecified atom stereocenters. The second kappa shape index (κ2) is 9.38. The fraction of sp³-hybridized carbons (Fsp3) is 0.667. The minimum Gasteiger partial charge on any atom is -0.410 e. The summed E-state index contributed by atoms with van der Waals surface area (Å²) in [6.45, 7) is 17.6. The van der Waals surface area contributed by atoms with Gasteiger partial charge in [-0.2, -0.15) is 0 Å². The van der Waals surface area contributed by atoms with E-state index in [0.717, 1.165) is 23.5 Å². The van der Waals surface area contributed by atoms with Gasteiger partial charge in [-0.1, -0.05) is 44.1 Å². The van der Waals surface area contributed by atoms with E-state index in [9.17, 15) is 4.79 Å². The van der Waals surface area contributed by atoms with Gasteiger partial charge in [-0.25, -0.2) is 0 Å². The summed E-state index contributed by atoms with van der Waals surface area (Å²) in [6.07, 6.45) is 9.25. The third-order valence-corrected chi connectivity index (χ3v) is 10.5. The first-order chi connectivity index (χ1) is 11.4. The number of carbonyl (C=O) groups is 1. The van der Waals surface area contributed by atoms with Crippen LogP contribution in [0.3, 0.4) is 0 Å². The van der Waals surface area contributed by atoms with Crippen LogP contribution in [0, 0.1) is 0 Å². The SMILES string of the molecule is CC(C)=CCCC(C)=CCSC1=CC(O[Si](C)(C)C(C)(C)C)CC1=O. The molecule has 1 aliphatic rings. The molecule has 0 aliphatic heterocycles. The molecule has 0 radical (unpaired) electrons. The molecule has 1 rings (SSSR count). The summed E-state index contributed by atoms with van der Waals surface area (Å²) < 4.78 is 6.37. The van der Waals surface area contributed by atoms with Gasteiger partial charge in [0, 0.05) is 17.1 Å². The molecule has 0 amide bonds. The van der Waals surface area contributed by atoms with Crippen molar-refractivity contribution in [2.24, 2.45) is 0 Å². The highest BCUT2D eigenvalue weighted by atomic mass is 32.2. The first kappa shape index (κ1) is 22.5. The predicted molar refractivity (Wildman–Crippen MR) is 115 cm³/mol. The van der Waals surface area contributed by atoms with E-state index >= 15 is 0 Å². The molecule has 0 aromatic carbocycles. The van der Waals surface area contributed by atoms with Crippen LogP contribution in [-0.2, 0) is 9.22 Å². The fourth-order valence-electron chi connectivity index (χ4n) is 2.33. The van der Waals surface area contributed by atoms with Crippen molar-refractivity contribution in [3.63, 3.8) is 0 Å². The molecule has 0 fully saturated rings. The van der Waals surface area contributed by atoms with Crippen molar-refractivity contribution in [1.82, 2.24) is 0 Å². The van der Waals surface area contributed by atoms with E-state index in [1.165, 1.54) is 11.1 Å². The van der Waals surface area contributed by atoms with Gasteiger partial charge in [-0.05, 0) is 57.8 Å². The second-order valence-electron chi connectivity index (χ2n) is 8.76. The molecule has 0 aromatic heterocycles. The standard InChI is InChI=1S/C21H36O2SSi/c1-16(2)10-9-11-17(3)12-13-24-20-15-18(14-19(20)22)23-25(7,8)21(4,5)6/h10,12,15,18H,9,11,13-14H2,1-8H3. The first-order valence-electron chi connectivity index (χ1n) is 9.27. The maximum atomic E-state index is 12.3. The molecule has 1 aliphatic carbocycles. The van der Waals surface area contributed by atoms with Gasteiger partial charge in [-0.15, -0.1) is 11.8 Å². The van der Waals surface area contributed by atoms with Gasteiger partial charge in [0.05, 0.1) is 6.10 Å². The number of rotatable bonds is 8. The monoisotopic (exact) mass is 380 g/mol. The fourth-order valence-corrected chi connectivity index (χ4v) is 4.63. The van der Waals surface area contributed by atoms with Crippen LogP contribution in [-0.4, -0.2) is 26.0 Å². The number of Topliss-reactive ketones (excluding diaryl/α,β-unsaturated/α-hetero) is 1. The van der Waals surface area contributed by atoms with Crippen LogP contribution < -0.4 is 0 Å². The number of hydrogen-bond acceptors (Lipinski definition) is 3. The molecule has 0 aromatic rings. The van der Waals surface area contributed by atoms with Gasteiger partial charge in [0.2, 0.25) is 0 Å². The molecular formula is C21H36O2SSi. The van der Waals surface area contributed by atoms with Gasteiger partial charge in [0.1, 0.15) is 0 Å². The van der Waals surface area contributed by atoms with E-state index in [2.05, 4.69) is 72.9 Å². The highest BCUT2D eigenvalue weighted by molar-refractivity contribution is 8.04. The second-order valence-corrected chi connectivity index (χ2v) is 14.6. The van der Waals surface area contributed by atoms with Crippen LogP contribution >= 0.6 is 11.8 Å². The summed E-state index contributed by atoms with van der Waals surface area (Å²) in [5.74, 6) is 1.11. The maximum absolute atomic E-state index is 12.3. The molecule has 142 valence electrons. The number of allylic oxidation sites excluding steroid dienone is 4. The van der Waals surface area contributed by atoms with E-state index in [4.69, 9.17) is 4.43 Å².